The SMILES string of the molecule is Cc1ccc(C)c(SCC(=O)N[C@@H](C)c2ccccc2)c1. The molecule has 0 fully saturated rings. The van der Waals surface area contributed by atoms with Crippen molar-refractivity contribution in [3.8, 4) is 0 Å². The fourth-order valence-corrected chi connectivity index (χ4v) is 3.05. The lowest BCUT2D eigenvalue weighted by atomic mass is 10.1. The van der Waals surface area contributed by atoms with Gasteiger partial charge in [-0.25, -0.2) is 0 Å². The van der Waals surface area contributed by atoms with Gasteiger partial charge in [-0.05, 0) is 38.0 Å². The maximum absolute atomic E-state index is 12.1. The average molecular weight is 299 g/mol. The van der Waals surface area contributed by atoms with E-state index in [4.69, 9.17) is 0 Å². The Balaban J connectivity index is 1.89. The normalized spacial score (nSPS) is 12.0. The predicted octanol–water partition coefficient (Wildman–Crippen LogP) is 4.27. The molecule has 0 saturated heterocycles. The fourth-order valence-electron chi connectivity index (χ4n) is 2.11. The molecule has 0 radical (unpaired) electrons. The maximum atomic E-state index is 12.1. The highest BCUT2D eigenvalue weighted by Gasteiger charge is 2.10. The molecule has 0 aliphatic rings. The van der Waals surface area contributed by atoms with E-state index in [-0.39, 0.29) is 11.9 Å². The second-order valence-corrected chi connectivity index (χ2v) is 6.27. The lowest BCUT2D eigenvalue weighted by molar-refractivity contribution is -0.119. The standard InChI is InChI=1S/C18H21NOS/c1-13-9-10-14(2)17(11-13)21-12-18(20)19-15(3)16-7-5-4-6-8-16/h4-11,15H,12H2,1-3H3,(H,19,20)/t15-/m0/s1. The van der Waals surface area contributed by atoms with E-state index in [0.29, 0.717) is 5.75 Å². The van der Waals surface area contributed by atoms with Crippen LogP contribution in [0.4, 0.5) is 0 Å². The van der Waals surface area contributed by atoms with E-state index in [9.17, 15) is 4.79 Å². The van der Waals surface area contributed by atoms with Gasteiger partial charge < -0.3 is 5.32 Å². The Labute approximate surface area is 131 Å². The molecule has 2 rings (SSSR count). The summed E-state index contributed by atoms with van der Waals surface area (Å²) in [5.74, 6) is 0.513. The third-order valence-corrected chi connectivity index (χ3v) is 4.54. The van der Waals surface area contributed by atoms with Crippen molar-refractivity contribution >= 4 is 17.7 Å². The van der Waals surface area contributed by atoms with Gasteiger partial charge in [-0.1, -0.05) is 48.0 Å². The molecule has 1 amide bonds. The van der Waals surface area contributed by atoms with E-state index in [2.05, 4.69) is 37.4 Å². The molecule has 0 heterocycles. The molecule has 2 aromatic rings. The Hall–Kier alpha value is -1.74. The minimum absolute atomic E-state index is 0.0397. The summed E-state index contributed by atoms with van der Waals surface area (Å²) in [7, 11) is 0. The van der Waals surface area contributed by atoms with Gasteiger partial charge in [-0.3, -0.25) is 4.79 Å². The summed E-state index contributed by atoms with van der Waals surface area (Å²) in [5, 5.41) is 3.04. The lowest BCUT2D eigenvalue weighted by Crippen LogP contribution is -2.28. The number of hydrogen-bond acceptors (Lipinski definition) is 2. The Kier molecular flexibility index (Phi) is 5.45. The Morgan fingerprint density at radius 3 is 2.57 bits per heavy atom. The largest absolute Gasteiger partial charge is 0.349 e. The van der Waals surface area contributed by atoms with Crippen LogP contribution in [0.1, 0.15) is 29.7 Å². The number of nitrogens with one attached hydrogen (secondary N) is 1. The summed E-state index contributed by atoms with van der Waals surface area (Å²) in [6.45, 7) is 6.16. The number of rotatable bonds is 5. The molecule has 21 heavy (non-hydrogen) atoms. The van der Waals surface area contributed by atoms with Crippen LogP contribution in [0.15, 0.2) is 53.4 Å². The van der Waals surface area contributed by atoms with Gasteiger partial charge in [0.15, 0.2) is 0 Å². The van der Waals surface area contributed by atoms with Crippen LogP contribution < -0.4 is 5.32 Å². The van der Waals surface area contributed by atoms with Crippen molar-refractivity contribution in [3.63, 3.8) is 0 Å². The van der Waals surface area contributed by atoms with Crippen molar-refractivity contribution in [3.05, 3.63) is 65.2 Å². The van der Waals surface area contributed by atoms with Gasteiger partial charge in [0.05, 0.1) is 11.8 Å². The quantitative estimate of drug-likeness (QED) is 0.835. The topological polar surface area (TPSA) is 29.1 Å². The van der Waals surface area contributed by atoms with Crippen LogP contribution in [0.25, 0.3) is 0 Å². The highest BCUT2D eigenvalue weighted by Crippen LogP contribution is 2.23. The number of thioether (sulfide) groups is 1. The average Bonchev–Trinajstić information content (AvgIpc) is 2.49. The first-order valence-corrected chi connectivity index (χ1v) is 8.09. The van der Waals surface area contributed by atoms with Crippen LogP contribution in [0.5, 0.6) is 0 Å². The van der Waals surface area contributed by atoms with Gasteiger partial charge in [0.1, 0.15) is 0 Å². The third-order valence-electron chi connectivity index (χ3n) is 3.38. The highest BCUT2D eigenvalue weighted by molar-refractivity contribution is 8.00. The minimum atomic E-state index is 0.0397. The fraction of sp³-hybridized carbons (Fsp3) is 0.278. The third kappa shape index (κ3) is 4.64. The zero-order chi connectivity index (χ0) is 15.2. The van der Waals surface area contributed by atoms with E-state index >= 15 is 0 Å². The lowest BCUT2D eigenvalue weighted by Gasteiger charge is -2.14. The number of benzene rings is 2. The smallest absolute Gasteiger partial charge is 0.230 e. The molecule has 2 nitrogen and oxygen atoms in total. The molecular formula is C18H21NOS. The van der Waals surface area contributed by atoms with E-state index in [0.717, 1.165) is 5.56 Å². The molecule has 0 saturated carbocycles. The molecule has 1 N–H and O–H groups in total. The maximum Gasteiger partial charge on any atom is 0.230 e. The number of carbonyl (C=O) groups excluding carboxylic acids is 1. The molecule has 0 aliphatic heterocycles. The van der Waals surface area contributed by atoms with E-state index in [1.165, 1.54) is 16.0 Å². The van der Waals surface area contributed by atoms with Crippen LogP contribution in [0.3, 0.4) is 0 Å². The molecule has 0 spiro atoms. The predicted molar refractivity (Wildman–Crippen MR) is 89.6 cm³/mol. The first kappa shape index (κ1) is 15.6. The second-order valence-electron chi connectivity index (χ2n) is 5.26. The first-order valence-electron chi connectivity index (χ1n) is 7.10. The number of amides is 1. The summed E-state index contributed by atoms with van der Waals surface area (Å²) >= 11 is 1.59. The van der Waals surface area contributed by atoms with Crippen molar-refractivity contribution < 1.29 is 4.79 Å². The first-order chi connectivity index (χ1) is 10.1. The van der Waals surface area contributed by atoms with E-state index in [1.54, 1.807) is 11.8 Å². The molecule has 2 aromatic carbocycles. The van der Waals surface area contributed by atoms with Crippen molar-refractivity contribution in [1.82, 2.24) is 5.32 Å². The van der Waals surface area contributed by atoms with Gasteiger partial charge >= 0.3 is 0 Å². The van der Waals surface area contributed by atoms with E-state index < -0.39 is 0 Å². The molecule has 1 atom stereocenters. The molecule has 3 heteroatoms. The van der Waals surface area contributed by atoms with Gasteiger partial charge in [-0.2, -0.15) is 0 Å². The van der Waals surface area contributed by atoms with Gasteiger partial charge in [0, 0.05) is 4.90 Å². The Morgan fingerprint density at radius 1 is 1.14 bits per heavy atom. The molecular weight excluding hydrogens is 278 g/mol. The summed E-state index contributed by atoms with van der Waals surface area (Å²) < 4.78 is 0. The molecule has 0 bridgehead atoms. The van der Waals surface area contributed by atoms with Crippen molar-refractivity contribution in [2.24, 2.45) is 0 Å². The number of hydrogen-bond donors (Lipinski definition) is 1. The van der Waals surface area contributed by atoms with Crippen LogP contribution in [-0.2, 0) is 4.79 Å². The van der Waals surface area contributed by atoms with Crippen LogP contribution in [0, 0.1) is 13.8 Å². The van der Waals surface area contributed by atoms with E-state index in [1.807, 2.05) is 37.3 Å². The molecule has 0 unspecified atom stereocenters. The Bertz CT molecular complexity index is 610. The zero-order valence-electron chi connectivity index (χ0n) is 12.7. The summed E-state index contributed by atoms with van der Waals surface area (Å²) in [6.07, 6.45) is 0. The Morgan fingerprint density at radius 2 is 1.86 bits per heavy atom. The van der Waals surface area contributed by atoms with Crippen molar-refractivity contribution in [2.75, 3.05) is 5.75 Å². The van der Waals surface area contributed by atoms with Crippen molar-refractivity contribution in [2.45, 2.75) is 31.7 Å². The molecule has 0 aromatic heterocycles. The monoisotopic (exact) mass is 299 g/mol. The summed E-state index contributed by atoms with van der Waals surface area (Å²) in [6, 6.07) is 16.4. The van der Waals surface area contributed by atoms with Gasteiger partial charge in [-0.15, -0.1) is 11.8 Å². The zero-order valence-corrected chi connectivity index (χ0v) is 13.5. The second kappa shape index (κ2) is 7.32. The molecule has 0 aliphatic carbocycles. The van der Waals surface area contributed by atoms with Crippen LogP contribution in [0.2, 0.25) is 0 Å². The number of aryl methyl sites for hydroxylation is 2. The summed E-state index contributed by atoms with van der Waals surface area (Å²) in [4.78, 5) is 13.2. The van der Waals surface area contributed by atoms with Crippen LogP contribution >= 0.6 is 11.8 Å². The van der Waals surface area contributed by atoms with Gasteiger partial charge in [0.2, 0.25) is 5.91 Å². The summed E-state index contributed by atoms with van der Waals surface area (Å²) in [5.41, 5.74) is 3.57. The molecule has 110 valence electrons. The van der Waals surface area contributed by atoms with Crippen molar-refractivity contribution in [1.29, 1.82) is 0 Å². The minimum Gasteiger partial charge on any atom is -0.349 e. The highest BCUT2D eigenvalue weighted by atomic mass is 32.2. The number of carbonyl (C=O) groups is 1. The van der Waals surface area contributed by atoms with Crippen LogP contribution in [-0.4, -0.2) is 11.7 Å². The van der Waals surface area contributed by atoms with Gasteiger partial charge in [0.25, 0.3) is 0 Å².